The lowest BCUT2D eigenvalue weighted by Gasteiger charge is -2.27. The van der Waals surface area contributed by atoms with Crippen LogP contribution in [0.5, 0.6) is 5.75 Å². The van der Waals surface area contributed by atoms with Gasteiger partial charge in [0.1, 0.15) is 6.23 Å². The number of aliphatic hydroxyl groups is 2. The van der Waals surface area contributed by atoms with Gasteiger partial charge in [-0.25, -0.2) is 9.97 Å². The number of nitrogens with zero attached hydrogens (tertiary/aromatic N) is 5. The molecule has 0 aliphatic carbocycles. The number of anilines is 4. The van der Waals surface area contributed by atoms with Crippen molar-refractivity contribution in [2.45, 2.75) is 19.4 Å². The van der Waals surface area contributed by atoms with E-state index < -0.39 is 12.8 Å². The van der Waals surface area contributed by atoms with E-state index in [1.807, 2.05) is 66.0 Å². The molecule has 0 fully saturated rings. The first-order chi connectivity index (χ1) is 19.7. The third kappa shape index (κ3) is 7.28. The van der Waals surface area contributed by atoms with Gasteiger partial charge in [-0.1, -0.05) is 24.8 Å². The maximum Gasteiger partial charge on any atom is 0.387 e. The summed E-state index contributed by atoms with van der Waals surface area (Å²) in [4.78, 5) is 12.8. The monoisotopic (exact) mass is 567 g/mol. The summed E-state index contributed by atoms with van der Waals surface area (Å²) in [6.45, 7) is 2.23. The standard InChI is InChI=1S/C29H35F2N7O3/c1-5-27(40)33-22-16-23(26(41-28(30)31)17-25(22)37(4)13-12-36(2)3)35-29-32-11-10-21(34-29)20-18-38(14-15-39)24-9-7-6-8-19(20)24/h5-11,16-18,27-28,33,39-40H,1,12-15H2,2-4H3,(H,32,34,35). The topological polar surface area (TPSA) is 111 Å². The number of benzene rings is 2. The smallest absolute Gasteiger partial charge is 0.387 e. The first-order valence-electron chi connectivity index (χ1n) is 13.0. The second-order valence-corrected chi connectivity index (χ2v) is 9.66. The van der Waals surface area contributed by atoms with Crippen LogP contribution in [0, 0.1) is 0 Å². The normalized spacial score (nSPS) is 12.1. The summed E-state index contributed by atoms with van der Waals surface area (Å²) in [5, 5.41) is 26.7. The van der Waals surface area contributed by atoms with Crippen molar-refractivity contribution in [2.24, 2.45) is 0 Å². The fourth-order valence-corrected chi connectivity index (χ4v) is 4.41. The highest BCUT2D eigenvalue weighted by Crippen LogP contribution is 2.39. The molecule has 1 atom stereocenters. The molecule has 2 aromatic carbocycles. The van der Waals surface area contributed by atoms with Crippen LogP contribution in [0.1, 0.15) is 0 Å². The Morgan fingerprint density at radius 2 is 1.90 bits per heavy atom. The van der Waals surface area contributed by atoms with Gasteiger partial charge in [0.05, 0.1) is 29.4 Å². The molecule has 218 valence electrons. The predicted octanol–water partition coefficient (Wildman–Crippen LogP) is 4.35. The molecule has 0 spiro atoms. The van der Waals surface area contributed by atoms with Gasteiger partial charge in [0.2, 0.25) is 5.95 Å². The van der Waals surface area contributed by atoms with Crippen molar-refractivity contribution in [2.75, 3.05) is 56.4 Å². The third-order valence-electron chi connectivity index (χ3n) is 6.44. The quantitative estimate of drug-likeness (QED) is 0.131. The molecular formula is C29H35F2N7O3. The van der Waals surface area contributed by atoms with Gasteiger partial charge in [-0.05, 0) is 38.4 Å². The number of para-hydroxylation sites is 1. The number of halogens is 2. The summed E-state index contributed by atoms with van der Waals surface area (Å²) in [6, 6.07) is 12.6. The van der Waals surface area contributed by atoms with Crippen molar-refractivity contribution in [3.63, 3.8) is 0 Å². The average molecular weight is 568 g/mol. The second-order valence-electron chi connectivity index (χ2n) is 9.66. The van der Waals surface area contributed by atoms with Gasteiger partial charge in [0.15, 0.2) is 5.75 Å². The minimum absolute atomic E-state index is 0.0150. The lowest BCUT2D eigenvalue weighted by atomic mass is 10.1. The summed E-state index contributed by atoms with van der Waals surface area (Å²) in [5.74, 6) is 0.0448. The Labute approximate surface area is 237 Å². The van der Waals surface area contributed by atoms with Crippen LogP contribution in [-0.4, -0.2) is 83.3 Å². The molecule has 4 rings (SSSR count). The molecule has 4 aromatic rings. The van der Waals surface area contributed by atoms with Gasteiger partial charge in [0.25, 0.3) is 0 Å². The van der Waals surface area contributed by atoms with Crippen LogP contribution in [0.15, 0.2) is 67.5 Å². The van der Waals surface area contributed by atoms with Crippen LogP contribution in [0.4, 0.5) is 31.8 Å². The molecule has 0 saturated carbocycles. The Morgan fingerprint density at radius 3 is 2.61 bits per heavy atom. The van der Waals surface area contributed by atoms with E-state index in [1.165, 1.54) is 12.1 Å². The number of nitrogens with one attached hydrogen (secondary N) is 2. The van der Waals surface area contributed by atoms with Crippen molar-refractivity contribution in [1.82, 2.24) is 19.4 Å². The zero-order chi connectivity index (χ0) is 29.5. The number of hydrogen-bond acceptors (Lipinski definition) is 9. The molecule has 0 radical (unpaired) electrons. The number of hydrogen-bond donors (Lipinski definition) is 4. The molecule has 0 aliphatic rings. The van der Waals surface area contributed by atoms with E-state index in [9.17, 15) is 19.0 Å². The first kappa shape index (κ1) is 29.7. The minimum Gasteiger partial charge on any atom is -0.433 e. The fourth-order valence-electron chi connectivity index (χ4n) is 4.41. The van der Waals surface area contributed by atoms with E-state index in [4.69, 9.17) is 4.74 Å². The van der Waals surface area contributed by atoms with Crippen molar-refractivity contribution in [1.29, 1.82) is 0 Å². The van der Waals surface area contributed by atoms with E-state index in [0.717, 1.165) is 16.5 Å². The molecule has 0 saturated heterocycles. The van der Waals surface area contributed by atoms with E-state index >= 15 is 0 Å². The van der Waals surface area contributed by atoms with Crippen LogP contribution in [0.2, 0.25) is 0 Å². The Morgan fingerprint density at radius 1 is 1.12 bits per heavy atom. The summed E-state index contributed by atoms with van der Waals surface area (Å²) >= 11 is 0. The van der Waals surface area contributed by atoms with Crippen LogP contribution in [0.25, 0.3) is 22.2 Å². The van der Waals surface area contributed by atoms with Gasteiger partial charge in [0, 0.05) is 61.6 Å². The maximum absolute atomic E-state index is 13.5. The van der Waals surface area contributed by atoms with Crippen molar-refractivity contribution in [3.05, 3.63) is 67.5 Å². The van der Waals surface area contributed by atoms with Crippen LogP contribution < -0.4 is 20.3 Å². The molecule has 0 bridgehead atoms. The highest BCUT2D eigenvalue weighted by atomic mass is 19.3. The lowest BCUT2D eigenvalue weighted by molar-refractivity contribution is -0.0493. The SMILES string of the molecule is C=CC(O)Nc1cc(Nc2nccc(-c3cn(CCO)c4ccccc34)n2)c(OC(F)F)cc1N(C)CCN(C)C. The summed E-state index contributed by atoms with van der Waals surface area (Å²) in [7, 11) is 5.69. The van der Waals surface area contributed by atoms with E-state index in [-0.39, 0.29) is 24.0 Å². The number of rotatable bonds is 14. The van der Waals surface area contributed by atoms with Gasteiger partial charge in [-0.2, -0.15) is 8.78 Å². The van der Waals surface area contributed by atoms with Crippen molar-refractivity contribution in [3.8, 4) is 17.0 Å². The molecule has 0 aliphatic heterocycles. The number of likely N-dealkylation sites (N-methyl/N-ethyl adjacent to an activating group) is 2. The zero-order valence-corrected chi connectivity index (χ0v) is 23.3. The molecule has 41 heavy (non-hydrogen) atoms. The number of aromatic nitrogens is 3. The van der Waals surface area contributed by atoms with Crippen molar-refractivity contribution >= 4 is 33.9 Å². The third-order valence-corrected chi connectivity index (χ3v) is 6.44. The Balaban J connectivity index is 1.75. The fraction of sp³-hybridized carbons (Fsp3) is 0.310. The number of aliphatic hydroxyl groups excluding tert-OH is 2. The number of ether oxygens (including phenoxy) is 1. The number of fused-ring (bicyclic) bond motifs is 1. The molecule has 2 heterocycles. The molecule has 10 nitrogen and oxygen atoms in total. The molecule has 2 aromatic heterocycles. The van der Waals surface area contributed by atoms with Gasteiger partial charge in [-0.15, -0.1) is 0 Å². The predicted molar refractivity (Wildman–Crippen MR) is 158 cm³/mol. The van der Waals surface area contributed by atoms with Crippen molar-refractivity contribution < 1.29 is 23.7 Å². The highest BCUT2D eigenvalue weighted by molar-refractivity contribution is 5.95. The summed E-state index contributed by atoms with van der Waals surface area (Å²) in [6.07, 6.45) is 3.72. The van der Waals surface area contributed by atoms with Crippen LogP contribution >= 0.6 is 0 Å². The van der Waals surface area contributed by atoms with Gasteiger partial charge < -0.3 is 40.0 Å². The lowest BCUT2D eigenvalue weighted by Crippen LogP contribution is -2.29. The van der Waals surface area contributed by atoms with E-state index in [0.29, 0.717) is 36.7 Å². The zero-order valence-electron chi connectivity index (χ0n) is 23.3. The van der Waals surface area contributed by atoms with E-state index in [1.54, 1.807) is 18.3 Å². The van der Waals surface area contributed by atoms with Gasteiger partial charge >= 0.3 is 6.61 Å². The van der Waals surface area contributed by atoms with Crippen LogP contribution in [0.3, 0.4) is 0 Å². The highest BCUT2D eigenvalue weighted by Gasteiger charge is 2.20. The van der Waals surface area contributed by atoms with E-state index in [2.05, 4.69) is 27.2 Å². The van der Waals surface area contributed by atoms with Crippen LogP contribution in [-0.2, 0) is 6.54 Å². The maximum atomic E-state index is 13.5. The first-order valence-corrected chi connectivity index (χ1v) is 13.0. The average Bonchev–Trinajstić information content (AvgIpc) is 3.31. The molecule has 4 N–H and O–H groups in total. The second kappa shape index (κ2) is 13.4. The Bertz CT molecular complexity index is 1480. The largest absolute Gasteiger partial charge is 0.433 e. The summed E-state index contributed by atoms with van der Waals surface area (Å²) < 4.78 is 33.8. The molecular weight excluding hydrogens is 532 g/mol. The summed E-state index contributed by atoms with van der Waals surface area (Å²) in [5.41, 5.74) is 3.56. The number of alkyl halides is 2. The molecule has 0 amide bonds. The Hall–Kier alpha value is -4.26. The molecule has 12 heteroatoms. The van der Waals surface area contributed by atoms with Gasteiger partial charge in [-0.3, -0.25) is 0 Å². The Kier molecular flexibility index (Phi) is 9.71. The minimum atomic E-state index is -3.07. The molecule has 1 unspecified atom stereocenters.